The van der Waals surface area contributed by atoms with Gasteiger partial charge in [-0.05, 0) is 17.6 Å². The first kappa shape index (κ1) is 10.4. The van der Waals surface area contributed by atoms with Crippen LogP contribution in [0.4, 0.5) is 0 Å². The average Bonchev–Trinajstić information content (AvgIpc) is 2.07. The van der Waals surface area contributed by atoms with E-state index in [1.807, 2.05) is 0 Å². The molecule has 0 spiro atoms. The van der Waals surface area contributed by atoms with Gasteiger partial charge in [0.2, 0.25) is 0 Å². The molecule has 1 aliphatic heterocycles. The average molecular weight is 190 g/mol. The summed E-state index contributed by atoms with van der Waals surface area (Å²) in [6.07, 6.45) is -0.293. The van der Waals surface area contributed by atoms with Crippen molar-refractivity contribution in [1.82, 2.24) is 0 Å². The summed E-state index contributed by atoms with van der Waals surface area (Å²) in [4.78, 5) is 0. The van der Waals surface area contributed by atoms with Crippen LogP contribution in [-0.4, -0.2) is 29.0 Å². The van der Waals surface area contributed by atoms with E-state index in [4.69, 9.17) is 4.74 Å². The van der Waals surface area contributed by atoms with Crippen molar-refractivity contribution >= 4 is 11.8 Å². The molecule has 2 nitrogen and oxygen atoms in total. The zero-order valence-corrected chi connectivity index (χ0v) is 8.80. The van der Waals surface area contributed by atoms with Gasteiger partial charge in [0.05, 0.1) is 12.7 Å². The molecule has 4 atom stereocenters. The highest BCUT2D eigenvalue weighted by molar-refractivity contribution is 7.99. The van der Waals surface area contributed by atoms with Crippen LogP contribution in [-0.2, 0) is 4.74 Å². The summed E-state index contributed by atoms with van der Waals surface area (Å²) >= 11 is 1.69. The summed E-state index contributed by atoms with van der Waals surface area (Å²) in [7, 11) is 0. The maximum absolute atomic E-state index is 9.79. The lowest BCUT2D eigenvalue weighted by Gasteiger charge is -2.36. The van der Waals surface area contributed by atoms with E-state index in [2.05, 4.69) is 20.8 Å². The van der Waals surface area contributed by atoms with E-state index in [0.29, 0.717) is 11.8 Å². The first-order valence-corrected chi connectivity index (χ1v) is 5.63. The van der Waals surface area contributed by atoms with Gasteiger partial charge in [0, 0.05) is 0 Å². The molecular weight excluding hydrogens is 172 g/mol. The molecule has 1 saturated heterocycles. The van der Waals surface area contributed by atoms with Gasteiger partial charge in [-0.25, -0.2) is 0 Å². The van der Waals surface area contributed by atoms with Crippen LogP contribution in [0, 0.1) is 11.8 Å². The molecule has 0 radical (unpaired) electrons. The first-order chi connectivity index (χ1) is 5.66. The molecule has 1 N–H and O–H groups in total. The highest BCUT2D eigenvalue weighted by Gasteiger charge is 2.34. The maximum Gasteiger partial charge on any atom is 0.129 e. The zero-order valence-electron chi connectivity index (χ0n) is 7.99. The van der Waals surface area contributed by atoms with Crippen molar-refractivity contribution in [1.29, 1.82) is 0 Å². The SMILES string of the molecule is CCS[C@@H]1OC[C@@H](C)[C@H](C)[C@H]1O. The molecule has 1 aliphatic rings. The molecule has 1 fully saturated rings. The number of ether oxygens (including phenoxy) is 1. The number of hydrogen-bond acceptors (Lipinski definition) is 3. The molecule has 12 heavy (non-hydrogen) atoms. The monoisotopic (exact) mass is 190 g/mol. The Morgan fingerprint density at radius 2 is 2.17 bits per heavy atom. The molecule has 0 saturated carbocycles. The van der Waals surface area contributed by atoms with Crippen LogP contribution in [0.2, 0.25) is 0 Å². The van der Waals surface area contributed by atoms with E-state index >= 15 is 0 Å². The van der Waals surface area contributed by atoms with Gasteiger partial charge < -0.3 is 9.84 Å². The van der Waals surface area contributed by atoms with Gasteiger partial charge in [-0.3, -0.25) is 0 Å². The topological polar surface area (TPSA) is 29.5 Å². The summed E-state index contributed by atoms with van der Waals surface area (Å²) in [6, 6.07) is 0. The highest BCUT2D eigenvalue weighted by atomic mass is 32.2. The minimum atomic E-state index is -0.293. The van der Waals surface area contributed by atoms with Crippen molar-refractivity contribution in [2.24, 2.45) is 11.8 Å². The molecule has 0 bridgehead atoms. The third kappa shape index (κ3) is 2.15. The lowest BCUT2D eigenvalue weighted by Crippen LogP contribution is -2.42. The third-order valence-corrected chi connectivity index (χ3v) is 3.65. The van der Waals surface area contributed by atoms with Crippen LogP contribution in [0.3, 0.4) is 0 Å². The maximum atomic E-state index is 9.79. The third-order valence-electron chi connectivity index (χ3n) is 2.57. The van der Waals surface area contributed by atoms with E-state index in [1.54, 1.807) is 11.8 Å². The van der Waals surface area contributed by atoms with Crippen LogP contribution in [0.15, 0.2) is 0 Å². The van der Waals surface area contributed by atoms with Crippen molar-refractivity contribution in [3.63, 3.8) is 0 Å². The van der Waals surface area contributed by atoms with Crippen LogP contribution < -0.4 is 0 Å². The number of aliphatic hydroxyl groups is 1. The fraction of sp³-hybridized carbons (Fsp3) is 1.00. The Kier molecular flexibility index (Phi) is 3.87. The number of thioether (sulfide) groups is 1. The van der Waals surface area contributed by atoms with Crippen molar-refractivity contribution in [3.05, 3.63) is 0 Å². The lowest BCUT2D eigenvalue weighted by atomic mass is 9.90. The molecule has 0 aliphatic carbocycles. The predicted octanol–water partition coefficient (Wildman–Crippen LogP) is 1.73. The second-order valence-corrected chi connectivity index (χ2v) is 4.86. The van der Waals surface area contributed by atoms with E-state index < -0.39 is 0 Å². The normalized spacial score (nSPS) is 43.0. The molecule has 0 aromatic heterocycles. The van der Waals surface area contributed by atoms with Gasteiger partial charge in [0.15, 0.2) is 0 Å². The summed E-state index contributed by atoms with van der Waals surface area (Å²) in [5, 5.41) is 9.79. The summed E-state index contributed by atoms with van der Waals surface area (Å²) < 4.78 is 5.53. The van der Waals surface area contributed by atoms with Crippen molar-refractivity contribution < 1.29 is 9.84 Å². The van der Waals surface area contributed by atoms with Crippen molar-refractivity contribution in [3.8, 4) is 0 Å². The standard InChI is InChI=1S/C9H18O2S/c1-4-12-9-8(10)7(3)6(2)5-11-9/h6-10H,4-5H2,1-3H3/t6-,7+,8-,9+/m1/s1. The second kappa shape index (κ2) is 4.49. The largest absolute Gasteiger partial charge is 0.389 e. The Balaban J connectivity index is 2.46. The van der Waals surface area contributed by atoms with Gasteiger partial charge in [-0.2, -0.15) is 0 Å². The second-order valence-electron chi connectivity index (χ2n) is 3.48. The zero-order chi connectivity index (χ0) is 9.14. The molecule has 0 amide bonds. The van der Waals surface area contributed by atoms with E-state index in [1.165, 1.54) is 0 Å². The quantitative estimate of drug-likeness (QED) is 0.719. The lowest BCUT2D eigenvalue weighted by molar-refractivity contribution is -0.0853. The number of hydrogen-bond donors (Lipinski definition) is 1. The van der Waals surface area contributed by atoms with E-state index in [0.717, 1.165) is 12.4 Å². The molecule has 0 aromatic carbocycles. The Morgan fingerprint density at radius 1 is 1.50 bits per heavy atom. The molecular formula is C9H18O2S. The molecule has 72 valence electrons. The highest BCUT2D eigenvalue weighted by Crippen LogP contribution is 2.30. The Bertz CT molecular complexity index is 140. The first-order valence-electron chi connectivity index (χ1n) is 4.58. The summed E-state index contributed by atoms with van der Waals surface area (Å²) in [5.74, 6) is 1.85. The van der Waals surface area contributed by atoms with Crippen LogP contribution in [0.25, 0.3) is 0 Å². The minimum absolute atomic E-state index is 0.00111. The van der Waals surface area contributed by atoms with Gasteiger partial charge in [0.1, 0.15) is 5.44 Å². The van der Waals surface area contributed by atoms with Gasteiger partial charge in [-0.15, -0.1) is 11.8 Å². The minimum Gasteiger partial charge on any atom is -0.389 e. The van der Waals surface area contributed by atoms with Gasteiger partial charge in [0.25, 0.3) is 0 Å². The molecule has 3 heteroatoms. The fourth-order valence-electron chi connectivity index (χ4n) is 1.39. The Morgan fingerprint density at radius 3 is 2.75 bits per heavy atom. The summed E-state index contributed by atoms with van der Waals surface area (Å²) in [6.45, 7) is 7.10. The smallest absolute Gasteiger partial charge is 0.129 e. The Labute approximate surface area is 78.7 Å². The fourth-order valence-corrected chi connectivity index (χ4v) is 2.34. The van der Waals surface area contributed by atoms with E-state index in [9.17, 15) is 5.11 Å². The Hall–Kier alpha value is 0.270. The summed E-state index contributed by atoms with van der Waals surface area (Å²) in [5.41, 5.74) is 0.00111. The van der Waals surface area contributed by atoms with Gasteiger partial charge >= 0.3 is 0 Å². The molecule has 1 rings (SSSR count). The van der Waals surface area contributed by atoms with E-state index in [-0.39, 0.29) is 11.5 Å². The van der Waals surface area contributed by atoms with Crippen LogP contribution >= 0.6 is 11.8 Å². The molecule has 0 unspecified atom stereocenters. The molecule has 1 heterocycles. The van der Waals surface area contributed by atoms with Crippen LogP contribution in [0.5, 0.6) is 0 Å². The van der Waals surface area contributed by atoms with Crippen molar-refractivity contribution in [2.45, 2.75) is 32.3 Å². The van der Waals surface area contributed by atoms with Crippen LogP contribution in [0.1, 0.15) is 20.8 Å². The molecule has 0 aromatic rings. The predicted molar refractivity (Wildman–Crippen MR) is 52.2 cm³/mol. The number of rotatable bonds is 2. The van der Waals surface area contributed by atoms with Gasteiger partial charge in [-0.1, -0.05) is 20.8 Å². The van der Waals surface area contributed by atoms with Crippen molar-refractivity contribution in [2.75, 3.05) is 12.4 Å². The number of aliphatic hydroxyl groups excluding tert-OH is 1.